The molecule has 0 spiro atoms. The maximum absolute atomic E-state index is 13.6. The molecule has 3 aromatic carbocycles. The van der Waals surface area contributed by atoms with Gasteiger partial charge in [-0.15, -0.1) is 0 Å². The lowest BCUT2D eigenvalue weighted by atomic mass is 9.72. The fraction of sp³-hybridized carbons (Fsp3) is 0.375. The van der Waals surface area contributed by atoms with E-state index in [1.807, 2.05) is 41.3 Å². The highest BCUT2D eigenvalue weighted by molar-refractivity contribution is 5.84. The van der Waals surface area contributed by atoms with E-state index in [-0.39, 0.29) is 11.8 Å². The highest BCUT2D eigenvalue weighted by Crippen LogP contribution is 2.36. The van der Waals surface area contributed by atoms with Crippen molar-refractivity contribution in [3.63, 3.8) is 0 Å². The number of hydrogen-bond donors (Lipinski definition) is 1. The molecule has 36 heavy (non-hydrogen) atoms. The van der Waals surface area contributed by atoms with Gasteiger partial charge >= 0.3 is 0 Å². The van der Waals surface area contributed by atoms with Gasteiger partial charge in [-0.2, -0.15) is 0 Å². The predicted octanol–water partition coefficient (Wildman–Crippen LogP) is 5.45. The van der Waals surface area contributed by atoms with E-state index in [4.69, 9.17) is 0 Å². The lowest BCUT2D eigenvalue weighted by Gasteiger charge is -2.41. The Morgan fingerprint density at radius 3 is 2.06 bits per heavy atom. The molecule has 1 saturated heterocycles. The summed E-state index contributed by atoms with van der Waals surface area (Å²) in [6.45, 7) is 6.13. The Morgan fingerprint density at radius 1 is 0.778 bits per heavy atom. The van der Waals surface area contributed by atoms with Crippen molar-refractivity contribution in [2.75, 3.05) is 19.6 Å². The largest absolute Gasteiger partial charge is 0.355 e. The van der Waals surface area contributed by atoms with Crippen LogP contribution in [0.5, 0.6) is 0 Å². The van der Waals surface area contributed by atoms with E-state index < -0.39 is 5.41 Å². The first-order valence-corrected chi connectivity index (χ1v) is 13.2. The first-order chi connectivity index (χ1) is 17.4. The molecule has 1 aliphatic rings. The predicted molar refractivity (Wildman–Crippen MR) is 146 cm³/mol. The van der Waals surface area contributed by atoms with Gasteiger partial charge in [0.1, 0.15) is 0 Å². The molecule has 4 nitrogen and oxygen atoms in total. The summed E-state index contributed by atoms with van der Waals surface area (Å²) in [5, 5.41) is 3.24. The van der Waals surface area contributed by atoms with Gasteiger partial charge in [0.05, 0.1) is 5.41 Å². The van der Waals surface area contributed by atoms with Gasteiger partial charge in [0.15, 0.2) is 0 Å². The summed E-state index contributed by atoms with van der Waals surface area (Å²) in [6.07, 6.45) is 4.17. The topological polar surface area (TPSA) is 49.4 Å². The second-order valence-corrected chi connectivity index (χ2v) is 10.2. The van der Waals surface area contributed by atoms with Gasteiger partial charge in [0.2, 0.25) is 11.8 Å². The molecule has 4 heteroatoms. The first-order valence-electron chi connectivity index (χ1n) is 13.2. The third-order valence-corrected chi connectivity index (χ3v) is 7.68. The van der Waals surface area contributed by atoms with Gasteiger partial charge < -0.3 is 10.2 Å². The van der Waals surface area contributed by atoms with Crippen LogP contribution < -0.4 is 5.32 Å². The van der Waals surface area contributed by atoms with Crippen LogP contribution in [0, 0.1) is 19.3 Å². The first kappa shape index (κ1) is 25.7. The summed E-state index contributed by atoms with van der Waals surface area (Å²) in [6, 6.07) is 26.9. The van der Waals surface area contributed by atoms with E-state index in [0.717, 1.165) is 12.8 Å². The van der Waals surface area contributed by atoms with Crippen LogP contribution in [0.15, 0.2) is 78.9 Å². The van der Waals surface area contributed by atoms with E-state index in [1.165, 1.54) is 27.8 Å². The number of carbonyl (C=O) groups excluding carboxylic acids is 2. The highest BCUT2D eigenvalue weighted by Gasteiger charge is 2.42. The molecule has 0 unspecified atom stereocenters. The number of nitrogens with zero attached hydrogens (tertiary/aromatic N) is 1. The number of benzene rings is 3. The molecule has 2 amide bonds. The lowest BCUT2D eigenvalue weighted by Crippen LogP contribution is -2.51. The molecular formula is C32H38N2O2. The molecule has 0 bridgehead atoms. The SMILES string of the molecule is Cc1ccc(CCNC(=O)C2(Cc3ccccc3)CCN(C(=O)CCc3ccccc3)CC2)cc1C. The minimum Gasteiger partial charge on any atom is -0.355 e. The number of likely N-dealkylation sites (tertiary alicyclic amines) is 1. The van der Waals surface area contributed by atoms with Crippen molar-refractivity contribution in [2.45, 2.75) is 52.4 Å². The summed E-state index contributed by atoms with van der Waals surface area (Å²) in [5.41, 5.74) is 5.68. The number of rotatable bonds is 9. The molecule has 1 heterocycles. The molecule has 0 aromatic heterocycles. The van der Waals surface area contributed by atoms with Crippen LogP contribution >= 0.6 is 0 Å². The number of hydrogen-bond acceptors (Lipinski definition) is 2. The standard InChI is InChI=1S/C32H38N2O2/c1-25-13-14-28(23-26(25)2)17-20-33-31(36)32(24-29-11-7-4-8-12-29)18-21-34(22-19-32)30(35)16-15-27-9-5-3-6-10-27/h3-14,23H,15-22,24H2,1-2H3,(H,33,36). The quantitative estimate of drug-likeness (QED) is 0.441. The molecule has 0 atom stereocenters. The average molecular weight is 483 g/mol. The van der Waals surface area contributed by atoms with Gasteiger partial charge in [-0.25, -0.2) is 0 Å². The Morgan fingerprint density at radius 2 is 1.42 bits per heavy atom. The fourth-order valence-corrected chi connectivity index (χ4v) is 5.18. The monoisotopic (exact) mass is 482 g/mol. The third kappa shape index (κ3) is 6.63. The van der Waals surface area contributed by atoms with Crippen molar-refractivity contribution in [3.8, 4) is 0 Å². The Kier molecular flexibility index (Phi) is 8.58. The van der Waals surface area contributed by atoms with Crippen LogP contribution in [-0.2, 0) is 28.9 Å². The van der Waals surface area contributed by atoms with Crippen molar-refractivity contribution >= 4 is 11.8 Å². The van der Waals surface area contributed by atoms with Crippen LogP contribution in [0.2, 0.25) is 0 Å². The maximum atomic E-state index is 13.6. The molecule has 3 aromatic rings. The van der Waals surface area contributed by atoms with E-state index in [0.29, 0.717) is 45.3 Å². The Balaban J connectivity index is 1.37. The molecule has 0 aliphatic carbocycles. The van der Waals surface area contributed by atoms with Crippen molar-refractivity contribution < 1.29 is 9.59 Å². The zero-order valence-electron chi connectivity index (χ0n) is 21.6. The minimum atomic E-state index is -0.485. The second-order valence-electron chi connectivity index (χ2n) is 10.2. The normalized spacial score (nSPS) is 14.9. The number of nitrogens with one attached hydrogen (secondary N) is 1. The number of amides is 2. The smallest absolute Gasteiger partial charge is 0.226 e. The third-order valence-electron chi connectivity index (χ3n) is 7.68. The summed E-state index contributed by atoms with van der Waals surface area (Å²) in [4.78, 5) is 28.5. The van der Waals surface area contributed by atoms with Crippen LogP contribution in [-0.4, -0.2) is 36.3 Å². The van der Waals surface area contributed by atoms with Crippen LogP contribution in [0.4, 0.5) is 0 Å². The molecule has 188 valence electrons. The Hall–Kier alpha value is -3.40. The van der Waals surface area contributed by atoms with Crippen molar-refractivity contribution in [2.24, 2.45) is 5.41 Å². The van der Waals surface area contributed by atoms with Crippen molar-refractivity contribution in [3.05, 3.63) is 107 Å². The van der Waals surface area contributed by atoms with Crippen LogP contribution in [0.1, 0.15) is 47.1 Å². The van der Waals surface area contributed by atoms with E-state index in [9.17, 15) is 9.59 Å². The summed E-state index contributed by atoms with van der Waals surface area (Å²) in [5.74, 6) is 0.300. The van der Waals surface area contributed by atoms with Crippen molar-refractivity contribution in [1.29, 1.82) is 0 Å². The maximum Gasteiger partial charge on any atom is 0.226 e. The van der Waals surface area contributed by atoms with Gasteiger partial charge in [-0.1, -0.05) is 78.9 Å². The fourth-order valence-electron chi connectivity index (χ4n) is 5.18. The Labute approximate surface area is 215 Å². The van der Waals surface area contributed by atoms with Crippen LogP contribution in [0.3, 0.4) is 0 Å². The Bertz CT molecular complexity index is 1150. The van der Waals surface area contributed by atoms with E-state index in [2.05, 4.69) is 61.6 Å². The molecule has 0 radical (unpaired) electrons. The number of carbonyl (C=O) groups is 2. The molecule has 1 aliphatic heterocycles. The van der Waals surface area contributed by atoms with Gasteiger partial charge in [0.25, 0.3) is 0 Å². The summed E-state index contributed by atoms with van der Waals surface area (Å²) < 4.78 is 0. The minimum absolute atomic E-state index is 0.117. The van der Waals surface area contributed by atoms with Crippen LogP contribution in [0.25, 0.3) is 0 Å². The molecule has 1 fully saturated rings. The van der Waals surface area contributed by atoms with Gasteiger partial charge in [-0.3, -0.25) is 9.59 Å². The molecule has 1 N–H and O–H groups in total. The number of aryl methyl sites for hydroxylation is 3. The summed E-state index contributed by atoms with van der Waals surface area (Å²) >= 11 is 0. The van der Waals surface area contributed by atoms with Crippen molar-refractivity contribution in [1.82, 2.24) is 10.2 Å². The molecular weight excluding hydrogens is 444 g/mol. The lowest BCUT2D eigenvalue weighted by molar-refractivity contribution is -0.140. The van der Waals surface area contributed by atoms with Gasteiger partial charge in [-0.05, 0) is 73.8 Å². The van der Waals surface area contributed by atoms with Gasteiger partial charge in [0, 0.05) is 26.1 Å². The van der Waals surface area contributed by atoms with E-state index >= 15 is 0 Å². The zero-order valence-corrected chi connectivity index (χ0v) is 21.6. The average Bonchev–Trinajstić information content (AvgIpc) is 2.91. The van der Waals surface area contributed by atoms with E-state index in [1.54, 1.807) is 0 Å². The number of piperidine rings is 1. The second kappa shape index (κ2) is 12.0. The zero-order chi connectivity index (χ0) is 25.4. The highest BCUT2D eigenvalue weighted by atomic mass is 16.2. The summed E-state index contributed by atoms with van der Waals surface area (Å²) in [7, 11) is 0. The molecule has 0 saturated carbocycles. The molecule has 4 rings (SSSR count).